The van der Waals surface area contributed by atoms with E-state index in [1.54, 1.807) is 0 Å². The van der Waals surface area contributed by atoms with Gasteiger partial charge in [0.1, 0.15) is 0 Å². The van der Waals surface area contributed by atoms with E-state index in [2.05, 4.69) is 28.7 Å². The molecule has 2 rings (SSSR count). The molecule has 0 unspecified atom stereocenters. The number of hydrogen-bond donors (Lipinski definition) is 1. The van der Waals surface area contributed by atoms with Crippen LogP contribution in [-0.4, -0.2) is 22.6 Å². The van der Waals surface area contributed by atoms with E-state index in [4.69, 9.17) is 5.73 Å². The van der Waals surface area contributed by atoms with Gasteiger partial charge in [-0.2, -0.15) is 0 Å². The van der Waals surface area contributed by atoms with Crippen LogP contribution in [0.3, 0.4) is 0 Å². The van der Waals surface area contributed by atoms with Gasteiger partial charge in [-0.15, -0.1) is 0 Å². The topological polar surface area (TPSA) is 55.0 Å². The Bertz CT molecular complexity index is 355. The van der Waals surface area contributed by atoms with Gasteiger partial charge in [-0.25, -0.2) is 9.97 Å². The second kappa shape index (κ2) is 6.14. The molecular formula is C14H24N4. The van der Waals surface area contributed by atoms with Crippen molar-refractivity contribution in [3.8, 4) is 0 Å². The lowest BCUT2D eigenvalue weighted by Crippen LogP contribution is -2.37. The SMILES string of the molecule is CC(C)CN(c1ncc(CN)cn1)C1CCCC1. The van der Waals surface area contributed by atoms with E-state index in [1.165, 1.54) is 25.7 Å². The molecule has 0 atom stereocenters. The molecule has 2 N–H and O–H groups in total. The Morgan fingerprint density at radius 2 is 1.89 bits per heavy atom. The van der Waals surface area contributed by atoms with Gasteiger partial charge in [0, 0.05) is 37.1 Å². The van der Waals surface area contributed by atoms with Gasteiger partial charge in [-0.05, 0) is 18.8 Å². The Morgan fingerprint density at radius 1 is 1.28 bits per heavy atom. The van der Waals surface area contributed by atoms with Crippen LogP contribution in [-0.2, 0) is 6.54 Å². The summed E-state index contributed by atoms with van der Waals surface area (Å²) in [6.45, 7) is 6.03. The van der Waals surface area contributed by atoms with Crippen LogP contribution < -0.4 is 10.6 Å². The lowest BCUT2D eigenvalue weighted by molar-refractivity contribution is 0.525. The molecule has 18 heavy (non-hydrogen) atoms. The summed E-state index contributed by atoms with van der Waals surface area (Å²) in [5.74, 6) is 1.50. The molecule has 1 fully saturated rings. The molecule has 0 spiro atoms. The number of aromatic nitrogens is 2. The molecule has 1 aliphatic rings. The van der Waals surface area contributed by atoms with Crippen molar-refractivity contribution in [3.63, 3.8) is 0 Å². The molecule has 1 saturated carbocycles. The van der Waals surface area contributed by atoms with Crippen LogP contribution >= 0.6 is 0 Å². The molecule has 0 radical (unpaired) electrons. The Balaban J connectivity index is 2.15. The summed E-state index contributed by atoms with van der Waals surface area (Å²) >= 11 is 0. The van der Waals surface area contributed by atoms with Crippen LogP contribution in [0, 0.1) is 5.92 Å². The average Bonchev–Trinajstić information content (AvgIpc) is 2.89. The summed E-state index contributed by atoms with van der Waals surface area (Å²) < 4.78 is 0. The smallest absolute Gasteiger partial charge is 0.225 e. The van der Waals surface area contributed by atoms with Crippen LogP contribution in [0.5, 0.6) is 0 Å². The van der Waals surface area contributed by atoms with E-state index < -0.39 is 0 Å². The normalized spacial score (nSPS) is 16.4. The highest BCUT2D eigenvalue weighted by Crippen LogP contribution is 2.26. The molecule has 100 valence electrons. The lowest BCUT2D eigenvalue weighted by atomic mass is 10.1. The molecular weight excluding hydrogens is 224 g/mol. The minimum Gasteiger partial charge on any atom is -0.338 e. The first-order chi connectivity index (χ1) is 8.70. The minimum atomic E-state index is 0.508. The zero-order valence-electron chi connectivity index (χ0n) is 11.5. The van der Waals surface area contributed by atoms with Crippen molar-refractivity contribution in [2.45, 2.75) is 52.1 Å². The molecule has 4 heteroatoms. The summed E-state index contributed by atoms with van der Waals surface area (Å²) in [6.07, 6.45) is 8.92. The Hall–Kier alpha value is -1.16. The molecule has 1 aromatic heterocycles. The van der Waals surface area contributed by atoms with Gasteiger partial charge in [0.05, 0.1) is 0 Å². The minimum absolute atomic E-state index is 0.508. The number of nitrogens with zero attached hydrogens (tertiary/aromatic N) is 3. The first kappa shape index (κ1) is 13.3. The summed E-state index contributed by atoms with van der Waals surface area (Å²) in [6, 6.07) is 0.621. The highest BCUT2D eigenvalue weighted by molar-refractivity contribution is 5.32. The summed E-state index contributed by atoms with van der Waals surface area (Å²) in [5, 5.41) is 0. The van der Waals surface area contributed by atoms with Crippen LogP contribution in [0.1, 0.15) is 45.1 Å². The van der Waals surface area contributed by atoms with Crippen molar-refractivity contribution in [2.24, 2.45) is 11.7 Å². The van der Waals surface area contributed by atoms with E-state index in [0.717, 1.165) is 18.1 Å². The first-order valence-electron chi connectivity index (χ1n) is 6.98. The first-order valence-corrected chi connectivity index (χ1v) is 6.98. The molecule has 1 heterocycles. The van der Waals surface area contributed by atoms with E-state index in [1.807, 2.05) is 12.4 Å². The standard InChI is InChI=1S/C14H24N4/c1-11(2)10-18(13-5-3-4-6-13)14-16-8-12(7-15)9-17-14/h8-9,11,13H,3-7,10,15H2,1-2H3. The van der Waals surface area contributed by atoms with Crippen molar-refractivity contribution in [1.82, 2.24) is 9.97 Å². The molecule has 1 aromatic rings. The Labute approximate surface area is 110 Å². The molecule has 0 saturated heterocycles. The van der Waals surface area contributed by atoms with Crippen molar-refractivity contribution in [3.05, 3.63) is 18.0 Å². The van der Waals surface area contributed by atoms with Crippen molar-refractivity contribution in [2.75, 3.05) is 11.4 Å². The fourth-order valence-electron chi connectivity index (χ4n) is 2.61. The predicted octanol–water partition coefficient (Wildman–Crippen LogP) is 2.34. The third-order valence-corrected chi connectivity index (χ3v) is 3.51. The van der Waals surface area contributed by atoms with Gasteiger partial charge in [-0.1, -0.05) is 26.7 Å². The second-order valence-corrected chi connectivity index (χ2v) is 5.58. The van der Waals surface area contributed by atoms with Gasteiger partial charge in [-0.3, -0.25) is 0 Å². The highest BCUT2D eigenvalue weighted by atomic mass is 15.3. The molecule has 0 amide bonds. The van der Waals surface area contributed by atoms with Crippen molar-refractivity contribution < 1.29 is 0 Å². The zero-order valence-corrected chi connectivity index (χ0v) is 11.5. The number of hydrogen-bond acceptors (Lipinski definition) is 4. The monoisotopic (exact) mass is 248 g/mol. The van der Waals surface area contributed by atoms with Gasteiger partial charge in [0.15, 0.2) is 0 Å². The summed E-state index contributed by atoms with van der Waals surface area (Å²) in [5.41, 5.74) is 6.58. The molecule has 0 aromatic carbocycles. The molecule has 0 bridgehead atoms. The number of anilines is 1. The summed E-state index contributed by atoms with van der Waals surface area (Å²) in [4.78, 5) is 11.4. The third-order valence-electron chi connectivity index (χ3n) is 3.51. The van der Waals surface area contributed by atoms with Gasteiger partial charge in [0.25, 0.3) is 0 Å². The van der Waals surface area contributed by atoms with Crippen LogP contribution in [0.4, 0.5) is 5.95 Å². The van der Waals surface area contributed by atoms with E-state index in [0.29, 0.717) is 18.5 Å². The van der Waals surface area contributed by atoms with Crippen LogP contribution in [0.25, 0.3) is 0 Å². The van der Waals surface area contributed by atoms with Gasteiger partial charge >= 0.3 is 0 Å². The third kappa shape index (κ3) is 3.19. The fourth-order valence-corrected chi connectivity index (χ4v) is 2.61. The van der Waals surface area contributed by atoms with Gasteiger partial charge < -0.3 is 10.6 Å². The van der Waals surface area contributed by atoms with E-state index in [-0.39, 0.29) is 0 Å². The lowest BCUT2D eigenvalue weighted by Gasteiger charge is -2.30. The average molecular weight is 248 g/mol. The summed E-state index contributed by atoms with van der Waals surface area (Å²) in [7, 11) is 0. The van der Waals surface area contributed by atoms with Crippen LogP contribution in [0.15, 0.2) is 12.4 Å². The zero-order chi connectivity index (χ0) is 13.0. The maximum atomic E-state index is 5.59. The van der Waals surface area contributed by atoms with Crippen LogP contribution in [0.2, 0.25) is 0 Å². The molecule has 4 nitrogen and oxygen atoms in total. The largest absolute Gasteiger partial charge is 0.338 e. The second-order valence-electron chi connectivity index (χ2n) is 5.58. The Morgan fingerprint density at radius 3 is 2.39 bits per heavy atom. The van der Waals surface area contributed by atoms with E-state index in [9.17, 15) is 0 Å². The maximum Gasteiger partial charge on any atom is 0.225 e. The quantitative estimate of drug-likeness (QED) is 0.869. The van der Waals surface area contributed by atoms with Gasteiger partial charge in [0.2, 0.25) is 5.95 Å². The Kier molecular flexibility index (Phi) is 4.53. The highest BCUT2D eigenvalue weighted by Gasteiger charge is 2.25. The number of nitrogens with two attached hydrogens (primary N) is 1. The molecule has 1 aliphatic carbocycles. The predicted molar refractivity (Wildman–Crippen MR) is 74.4 cm³/mol. The fraction of sp³-hybridized carbons (Fsp3) is 0.714. The number of rotatable bonds is 5. The molecule has 0 aliphatic heterocycles. The van der Waals surface area contributed by atoms with Crippen molar-refractivity contribution >= 4 is 5.95 Å². The maximum absolute atomic E-state index is 5.59. The van der Waals surface area contributed by atoms with E-state index >= 15 is 0 Å². The van der Waals surface area contributed by atoms with Crippen molar-refractivity contribution in [1.29, 1.82) is 0 Å².